The van der Waals surface area contributed by atoms with E-state index in [0.29, 0.717) is 11.6 Å². The van der Waals surface area contributed by atoms with E-state index in [1.54, 1.807) is 12.1 Å². The van der Waals surface area contributed by atoms with Crippen molar-refractivity contribution in [3.63, 3.8) is 0 Å². The van der Waals surface area contributed by atoms with Crippen molar-refractivity contribution < 1.29 is 9.59 Å². The third-order valence-corrected chi connectivity index (χ3v) is 4.92. The number of amides is 2. The molecule has 2 saturated heterocycles. The second-order valence-corrected chi connectivity index (χ2v) is 6.79. The third kappa shape index (κ3) is 4.25. The number of nitrogens with one attached hydrogen (secondary N) is 2. The molecule has 2 aliphatic rings. The molecule has 1 aromatic carbocycles. The van der Waals surface area contributed by atoms with Gasteiger partial charge in [-0.05, 0) is 44.0 Å². The molecule has 0 spiro atoms. The van der Waals surface area contributed by atoms with Crippen molar-refractivity contribution in [3.05, 3.63) is 34.3 Å². The highest BCUT2D eigenvalue weighted by Crippen LogP contribution is 2.27. The van der Waals surface area contributed by atoms with Gasteiger partial charge in [-0.25, -0.2) is 0 Å². The fourth-order valence-electron chi connectivity index (χ4n) is 3.37. The minimum atomic E-state index is -0.213. The van der Waals surface area contributed by atoms with Gasteiger partial charge in [-0.3, -0.25) is 9.59 Å². The van der Waals surface area contributed by atoms with E-state index in [1.165, 1.54) is 0 Å². The van der Waals surface area contributed by atoms with Gasteiger partial charge in [0.2, 0.25) is 5.91 Å². The maximum absolute atomic E-state index is 12.5. The molecule has 0 aliphatic carbocycles. The number of rotatable bonds is 3. The summed E-state index contributed by atoms with van der Waals surface area (Å²) in [5.41, 5.74) is 0.558. The predicted molar refractivity (Wildman–Crippen MR) is 94.9 cm³/mol. The van der Waals surface area contributed by atoms with E-state index in [1.807, 2.05) is 17.0 Å². The van der Waals surface area contributed by atoms with Crippen LogP contribution >= 0.6 is 28.3 Å². The molecule has 2 amide bonds. The lowest BCUT2D eigenvalue weighted by Crippen LogP contribution is -2.47. The largest absolute Gasteiger partial charge is 0.343 e. The SMILES string of the molecule is Cl.O=C(NCC(=O)N1C2CCNCC1CC2)c1cccc(Br)c1. The number of benzene rings is 1. The average Bonchev–Trinajstić information content (AvgIpc) is 2.77. The Morgan fingerprint density at radius 3 is 2.83 bits per heavy atom. The van der Waals surface area contributed by atoms with Crippen molar-refractivity contribution in [2.24, 2.45) is 0 Å². The lowest BCUT2D eigenvalue weighted by Gasteiger charge is -2.28. The van der Waals surface area contributed by atoms with Gasteiger partial charge >= 0.3 is 0 Å². The molecule has 2 atom stereocenters. The molecular formula is C16H21BrClN3O2. The summed E-state index contributed by atoms with van der Waals surface area (Å²) in [5.74, 6) is -0.186. The molecular weight excluding hydrogens is 382 g/mol. The summed E-state index contributed by atoms with van der Waals surface area (Å²) in [4.78, 5) is 26.6. The summed E-state index contributed by atoms with van der Waals surface area (Å²) in [6.45, 7) is 1.90. The lowest BCUT2D eigenvalue weighted by molar-refractivity contribution is -0.132. The van der Waals surface area contributed by atoms with E-state index in [4.69, 9.17) is 0 Å². The highest BCUT2D eigenvalue weighted by atomic mass is 79.9. The lowest BCUT2D eigenvalue weighted by atomic mass is 10.1. The Morgan fingerprint density at radius 2 is 2.04 bits per heavy atom. The molecule has 5 nitrogen and oxygen atoms in total. The molecule has 126 valence electrons. The predicted octanol–water partition coefficient (Wildman–Crippen LogP) is 1.95. The minimum absolute atomic E-state index is 0. The number of carbonyl (C=O) groups is 2. The van der Waals surface area contributed by atoms with E-state index in [9.17, 15) is 9.59 Å². The van der Waals surface area contributed by atoms with Gasteiger partial charge in [0.05, 0.1) is 6.54 Å². The van der Waals surface area contributed by atoms with Crippen LogP contribution in [0.2, 0.25) is 0 Å². The maximum atomic E-state index is 12.5. The van der Waals surface area contributed by atoms with Gasteiger partial charge in [0, 0.05) is 28.7 Å². The van der Waals surface area contributed by atoms with Crippen LogP contribution in [0.25, 0.3) is 0 Å². The van der Waals surface area contributed by atoms with E-state index >= 15 is 0 Å². The summed E-state index contributed by atoms with van der Waals surface area (Å²) in [5, 5.41) is 6.12. The summed E-state index contributed by atoms with van der Waals surface area (Å²) in [7, 11) is 0. The molecule has 2 heterocycles. The van der Waals surface area contributed by atoms with Crippen LogP contribution in [0.5, 0.6) is 0 Å². The highest BCUT2D eigenvalue weighted by Gasteiger charge is 2.37. The molecule has 1 aromatic rings. The zero-order chi connectivity index (χ0) is 15.5. The quantitative estimate of drug-likeness (QED) is 0.812. The van der Waals surface area contributed by atoms with Crippen molar-refractivity contribution in [2.75, 3.05) is 19.6 Å². The first-order valence-electron chi connectivity index (χ1n) is 7.71. The number of fused-ring (bicyclic) bond motifs is 2. The molecule has 0 saturated carbocycles. The Morgan fingerprint density at radius 1 is 1.26 bits per heavy atom. The molecule has 2 N–H and O–H groups in total. The average molecular weight is 403 g/mol. The van der Waals surface area contributed by atoms with Gasteiger partial charge in [-0.1, -0.05) is 22.0 Å². The molecule has 2 unspecified atom stereocenters. The highest BCUT2D eigenvalue weighted by molar-refractivity contribution is 9.10. The Bertz CT molecular complexity index is 570. The first-order valence-corrected chi connectivity index (χ1v) is 8.50. The summed E-state index contributed by atoms with van der Waals surface area (Å²) < 4.78 is 0.850. The van der Waals surface area contributed by atoms with Crippen LogP contribution in [0, 0.1) is 0 Å². The molecule has 3 rings (SSSR count). The number of hydrogen-bond acceptors (Lipinski definition) is 3. The van der Waals surface area contributed by atoms with Crippen LogP contribution in [-0.2, 0) is 4.79 Å². The summed E-state index contributed by atoms with van der Waals surface area (Å²) in [6, 6.07) is 7.77. The van der Waals surface area contributed by atoms with Crippen molar-refractivity contribution in [3.8, 4) is 0 Å². The van der Waals surface area contributed by atoms with Crippen LogP contribution in [0.3, 0.4) is 0 Å². The second kappa shape index (κ2) is 8.13. The fraction of sp³-hybridized carbons (Fsp3) is 0.500. The zero-order valence-electron chi connectivity index (χ0n) is 12.8. The fourth-order valence-corrected chi connectivity index (χ4v) is 3.77. The smallest absolute Gasteiger partial charge is 0.251 e. The van der Waals surface area contributed by atoms with E-state index < -0.39 is 0 Å². The normalized spacial score (nSPS) is 22.9. The molecule has 0 radical (unpaired) electrons. The van der Waals surface area contributed by atoms with Crippen LogP contribution in [0.1, 0.15) is 29.6 Å². The van der Waals surface area contributed by atoms with E-state index in [0.717, 1.165) is 36.8 Å². The van der Waals surface area contributed by atoms with Gasteiger partial charge in [-0.2, -0.15) is 0 Å². The first kappa shape index (κ1) is 18.2. The first-order chi connectivity index (χ1) is 10.6. The van der Waals surface area contributed by atoms with Crippen LogP contribution in [0.4, 0.5) is 0 Å². The van der Waals surface area contributed by atoms with E-state index in [-0.39, 0.29) is 36.8 Å². The molecule has 2 fully saturated rings. The van der Waals surface area contributed by atoms with Crippen molar-refractivity contribution in [1.82, 2.24) is 15.5 Å². The van der Waals surface area contributed by atoms with Crippen molar-refractivity contribution in [1.29, 1.82) is 0 Å². The Balaban J connectivity index is 0.00000192. The Kier molecular flexibility index (Phi) is 6.44. The second-order valence-electron chi connectivity index (χ2n) is 5.87. The van der Waals surface area contributed by atoms with Crippen molar-refractivity contribution >= 4 is 40.2 Å². The maximum Gasteiger partial charge on any atom is 0.251 e. The van der Waals surface area contributed by atoms with Crippen molar-refractivity contribution in [2.45, 2.75) is 31.3 Å². The molecule has 2 bridgehead atoms. The van der Waals surface area contributed by atoms with Gasteiger partial charge in [0.25, 0.3) is 5.91 Å². The molecule has 23 heavy (non-hydrogen) atoms. The van der Waals surface area contributed by atoms with Gasteiger partial charge in [0.1, 0.15) is 0 Å². The van der Waals surface area contributed by atoms with Gasteiger partial charge in [0.15, 0.2) is 0 Å². The minimum Gasteiger partial charge on any atom is -0.343 e. The van der Waals surface area contributed by atoms with Gasteiger partial charge < -0.3 is 15.5 Å². The molecule has 0 aromatic heterocycles. The zero-order valence-corrected chi connectivity index (χ0v) is 15.2. The molecule has 2 aliphatic heterocycles. The van der Waals surface area contributed by atoms with Crippen LogP contribution in [0.15, 0.2) is 28.7 Å². The topological polar surface area (TPSA) is 61.4 Å². The standard InChI is InChI=1S/C16H20BrN3O2.ClH/c17-12-3-1-2-11(8-12)16(22)19-10-15(21)20-13-4-5-14(20)9-18-7-6-13;/h1-3,8,13-14,18H,4-7,9-10H2,(H,19,22);1H. The van der Waals surface area contributed by atoms with Crippen LogP contribution < -0.4 is 10.6 Å². The van der Waals surface area contributed by atoms with Gasteiger partial charge in [-0.15, -0.1) is 12.4 Å². The summed E-state index contributed by atoms with van der Waals surface area (Å²) in [6.07, 6.45) is 3.14. The number of carbonyl (C=O) groups excluding carboxylic acids is 2. The van der Waals surface area contributed by atoms with E-state index in [2.05, 4.69) is 26.6 Å². The number of nitrogens with zero attached hydrogens (tertiary/aromatic N) is 1. The number of hydrogen-bond donors (Lipinski definition) is 2. The number of halogens is 2. The third-order valence-electron chi connectivity index (χ3n) is 4.43. The Hall–Kier alpha value is -1.11. The molecule has 7 heteroatoms. The monoisotopic (exact) mass is 401 g/mol. The van der Waals surface area contributed by atoms with Crippen LogP contribution in [-0.4, -0.2) is 48.4 Å². The Labute approximate surface area is 150 Å². The summed E-state index contributed by atoms with van der Waals surface area (Å²) >= 11 is 3.34.